The number of aliphatic hydroxyl groups excluding tert-OH is 1. The highest BCUT2D eigenvalue weighted by Crippen LogP contribution is 2.28. The molecule has 0 unspecified atom stereocenters. The fraction of sp³-hybridized carbons (Fsp3) is 0.500. The summed E-state index contributed by atoms with van der Waals surface area (Å²) in [5.41, 5.74) is 1.56. The first-order valence-electron chi connectivity index (χ1n) is 5.41. The zero-order chi connectivity index (χ0) is 10.7. The summed E-state index contributed by atoms with van der Waals surface area (Å²) in [6, 6.07) is 4.90. The molecule has 1 aromatic rings. The van der Waals surface area contributed by atoms with Crippen LogP contribution in [-0.2, 0) is 6.61 Å². The Morgan fingerprint density at radius 1 is 1.33 bits per heavy atom. The highest BCUT2D eigenvalue weighted by atomic mass is 19.1. The van der Waals surface area contributed by atoms with Crippen molar-refractivity contribution in [1.82, 2.24) is 5.32 Å². The minimum atomic E-state index is -0.140. The van der Waals surface area contributed by atoms with Gasteiger partial charge in [0, 0.05) is 0 Å². The minimum absolute atomic E-state index is 0.0156. The molecular formula is C12H16FNO. The van der Waals surface area contributed by atoms with E-state index in [1.54, 1.807) is 12.1 Å². The van der Waals surface area contributed by atoms with Gasteiger partial charge in [0.05, 0.1) is 6.61 Å². The molecule has 1 heterocycles. The first-order chi connectivity index (χ1) is 7.31. The lowest BCUT2D eigenvalue weighted by atomic mass is 9.89. The normalized spacial score (nSPS) is 18.0. The fourth-order valence-electron chi connectivity index (χ4n) is 2.14. The Kier molecular flexibility index (Phi) is 3.34. The summed E-state index contributed by atoms with van der Waals surface area (Å²) in [4.78, 5) is 0. The number of halogens is 1. The van der Waals surface area contributed by atoms with Gasteiger partial charge in [-0.25, -0.2) is 4.39 Å². The van der Waals surface area contributed by atoms with Gasteiger partial charge in [-0.2, -0.15) is 0 Å². The topological polar surface area (TPSA) is 32.3 Å². The van der Waals surface area contributed by atoms with Crippen LogP contribution in [0.2, 0.25) is 0 Å². The second kappa shape index (κ2) is 4.73. The molecule has 0 radical (unpaired) electrons. The predicted octanol–water partition coefficient (Wildman–Crippen LogP) is 1.78. The van der Waals surface area contributed by atoms with Gasteiger partial charge in [-0.3, -0.25) is 0 Å². The minimum Gasteiger partial charge on any atom is -0.392 e. The Bertz CT molecular complexity index is 334. The molecule has 2 rings (SSSR count). The van der Waals surface area contributed by atoms with Gasteiger partial charge in [-0.1, -0.05) is 12.1 Å². The largest absolute Gasteiger partial charge is 0.392 e. The molecule has 1 saturated heterocycles. The molecule has 15 heavy (non-hydrogen) atoms. The number of nitrogens with one attached hydrogen (secondary N) is 1. The molecule has 0 aliphatic carbocycles. The van der Waals surface area contributed by atoms with Crippen molar-refractivity contribution in [2.75, 3.05) is 13.1 Å². The Balaban J connectivity index is 2.24. The average molecular weight is 209 g/mol. The standard InChI is InChI=1S/C12H16FNO/c13-12-2-1-9(8-15)7-11(12)10-3-5-14-6-4-10/h1-2,7,10,14-15H,3-6,8H2. The maximum Gasteiger partial charge on any atom is 0.126 e. The number of benzene rings is 1. The summed E-state index contributed by atoms with van der Waals surface area (Å²) < 4.78 is 13.6. The quantitative estimate of drug-likeness (QED) is 0.778. The van der Waals surface area contributed by atoms with Crippen LogP contribution < -0.4 is 5.32 Å². The molecule has 0 saturated carbocycles. The maximum absolute atomic E-state index is 13.6. The summed E-state index contributed by atoms with van der Waals surface area (Å²) in [6.45, 7) is 1.89. The van der Waals surface area contributed by atoms with Crippen LogP contribution in [0.3, 0.4) is 0 Å². The average Bonchev–Trinajstić information content (AvgIpc) is 2.31. The van der Waals surface area contributed by atoms with E-state index in [0.29, 0.717) is 5.92 Å². The Morgan fingerprint density at radius 3 is 2.73 bits per heavy atom. The second-order valence-electron chi connectivity index (χ2n) is 4.04. The van der Waals surface area contributed by atoms with Gasteiger partial charge in [0.2, 0.25) is 0 Å². The lowest BCUT2D eigenvalue weighted by molar-refractivity contribution is 0.281. The number of hydrogen-bond acceptors (Lipinski definition) is 2. The van der Waals surface area contributed by atoms with E-state index in [0.717, 1.165) is 37.1 Å². The molecule has 2 nitrogen and oxygen atoms in total. The second-order valence-corrected chi connectivity index (χ2v) is 4.04. The van der Waals surface area contributed by atoms with Gasteiger partial charge in [0.1, 0.15) is 5.82 Å². The summed E-state index contributed by atoms with van der Waals surface area (Å²) in [5.74, 6) is 0.164. The SMILES string of the molecule is OCc1ccc(F)c(C2CCNCC2)c1. The molecule has 1 aliphatic rings. The van der Waals surface area contributed by atoms with Gasteiger partial charge in [-0.15, -0.1) is 0 Å². The lowest BCUT2D eigenvalue weighted by Crippen LogP contribution is -2.27. The highest BCUT2D eigenvalue weighted by Gasteiger charge is 2.18. The van der Waals surface area contributed by atoms with Gasteiger partial charge >= 0.3 is 0 Å². The first-order valence-corrected chi connectivity index (χ1v) is 5.41. The third kappa shape index (κ3) is 2.36. The number of aliphatic hydroxyl groups is 1. The van der Waals surface area contributed by atoms with Gasteiger partial charge in [-0.05, 0) is 49.0 Å². The highest BCUT2D eigenvalue weighted by molar-refractivity contribution is 5.28. The van der Waals surface area contributed by atoms with Crippen LogP contribution in [0.1, 0.15) is 29.9 Å². The summed E-state index contributed by atoms with van der Waals surface area (Å²) >= 11 is 0. The molecular weight excluding hydrogens is 193 g/mol. The van der Waals surface area contributed by atoms with E-state index in [1.165, 1.54) is 6.07 Å². The van der Waals surface area contributed by atoms with E-state index in [2.05, 4.69) is 5.32 Å². The van der Waals surface area contributed by atoms with E-state index in [9.17, 15) is 4.39 Å². The van der Waals surface area contributed by atoms with Crippen LogP contribution in [0.4, 0.5) is 4.39 Å². The molecule has 1 aliphatic heterocycles. The fourth-order valence-corrected chi connectivity index (χ4v) is 2.14. The molecule has 3 heteroatoms. The lowest BCUT2D eigenvalue weighted by Gasteiger charge is -2.23. The van der Waals surface area contributed by atoms with Crippen molar-refractivity contribution < 1.29 is 9.50 Å². The molecule has 1 fully saturated rings. The van der Waals surface area contributed by atoms with Crippen LogP contribution in [0.25, 0.3) is 0 Å². The third-order valence-electron chi connectivity index (χ3n) is 3.02. The van der Waals surface area contributed by atoms with Crippen molar-refractivity contribution in [2.24, 2.45) is 0 Å². The zero-order valence-electron chi connectivity index (χ0n) is 8.67. The van der Waals surface area contributed by atoms with Crippen molar-refractivity contribution >= 4 is 0 Å². The van der Waals surface area contributed by atoms with E-state index in [4.69, 9.17) is 5.11 Å². The first kappa shape index (κ1) is 10.6. The van der Waals surface area contributed by atoms with Crippen LogP contribution in [0.5, 0.6) is 0 Å². The molecule has 1 aromatic carbocycles. The van der Waals surface area contributed by atoms with Crippen molar-refractivity contribution in [2.45, 2.75) is 25.4 Å². The summed E-state index contributed by atoms with van der Waals surface area (Å²) in [7, 11) is 0. The van der Waals surface area contributed by atoms with Gasteiger partial charge in [0.25, 0.3) is 0 Å². The Hall–Kier alpha value is -0.930. The van der Waals surface area contributed by atoms with Crippen LogP contribution in [-0.4, -0.2) is 18.2 Å². The van der Waals surface area contributed by atoms with E-state index >= 15 is 0 Å². The van der Waals surface area contributed by atoms with Gasteiger partial charge in [0.15, 0.2) is 0 Å². The number of rotatable bonds is 2. The molecule has 0 atom stereocenters. The molecule has 0 bridgehead atoms. The summed E-state index contributed by atoms with van der Waals surface area (Å²) in [6.07, 6.45) is 1.96. The van der Waals surface area contributed by atoms with E-state index in [1.807, 2.05) is 0 Å². The Labute approximate surface area is 89.1 Å². The van der Waals surface area contributed by atoms with Crippen molar-refractivity contribution in [3.63, 3.8) is 0 Å². The Morgan fingerprint density at radius 2 is 2.07 bits per heavy atom. The summed E-state index contributed by atoms with van der Waals surface area (Å²) in [5, 5.41) is 12.3. The molecule has 2 N–H and O–H groups in total. The number of hydrogen-bond donors (Lipinski definition) is 2. The van der Waals surface area contributed by atoms with Gasteiger partial charge < -0.3 is 10.4 Å². The van der Waals surface area contributed by atoms with E-state index in [-0.39, 0.29) is 12.4 Å². The molecule has 0 spiro atoms. The van der Waals surface area contributed by atoms with Crippen molar-refractivity contribution in [3.05, 3.63) is 35.1 Å². The van der Waals surface area contributed by atoms with Crippen LogP contribution >= 0.6 is 0 Å². The molecule has 0 aromatic heterocycles. The zero-order valence-corrected chi connectivity index (χ0v) is 8.67. The third-order valence-corrected chi connectivity index (χ3v) is 3.02. The van der Waals surface area contributed by atoms with Crippen molar-refractivity contribution in [3.8, 4) is 0 Å². The smallest absolute Gasteiger partial charge is 0.126 e. The molecule has 0 amide bonds. The monoisotopic (exact) mass is 209 g/mol. The van der Waals surface area contributed by atoms with E-state index < -0.39 is 0 Å². The predicted molar refractivity (Wildman–Crippen MR) is 57.2 cm³/mol. The number of piperidine rings is 1. The van der Waals surface area contributed by atoms with Crippen molar-refractivity contribution in [1.29, 1.82) is 0 Å². The van der Waals surface area contributed by atoms with Crippen LogP contribution in [0, 0.1) is 5.82 Å². The maximum atomic E-state index is 13.6. The molecule has 82 valence electrons. The van der Waals surface area contributed by atoms with Crippen LogP contribution in [0.15, 0.2) is 18.2 Å².